The van der Waals surface area contributed by atoms with Crippen molar-refractivity contribution in [1.29, 1.82) is 0 Å². The summed E-state index contributed by atoms with van der Waals surface area (Å²) in [5.41, 5.74) is 1.35. The van der Waals surface area contributed by atoms with Gasteiger partial charge in [-0.15, -0.1) is 11.8 Å². The Hall–Kier alpha value is -2.07. The van der Waals surface area contributed by atoms with Crippen LogP contribution >= 0.6 is 11.8 Å². The molecule has 1 aromatic heterocycles. The Morgan fingerprint density at radius 1 is 1.05 bits per heavy atom. The highest BCUT2D eigenvalue weighted by molar-refractivity contribution is 7.98. The van der Waals surface area contributed by atoms with Gasteiger partial charge in [0, 0.05) is 33.3 Å². The van der Waals surface area contributed by atoms with Crippen LogP contribution in [0.4, 0.5) is 4.39 Å². The van der Waals surface area contributed by atoms with Crippen molar-refractivity contribution in [3.63, 3.8) is 0 Å². The zero-order chi connectivity index (χ0) is 13.9. The van der Waals surface area contributed by atoms with E-state index in [1.807, 2.05) is 30.3 Å². The van der Waals surface area contributed by atoms with E-state index in [4.69, 9.17) is 0 Å². The summed E-state index contributed by atoms with van der Waals surface area (Å²) in [6.45, 7) is 0. The number of hydrogen-bond acceptors (Lipinski definition) is 2. The van der Waals surface area contributed by atoms with Crippen LogP contribution in [0.2, 0.25) is 0 Å². The molecule has 0 saturated carbocycles. The van der Waals surface area contributed by atoms with Gasteiger partial charge in [0.1, 0.15) is 5.82 Å². The van der Waals surface area contributed by atoms with Crippen LogP contribution in [0.3, 0.4) is 0 Å². The lowest BCUT2D eigenvalue weighted by molar-refractivity contribution is 0.629. The third-order valence-electron chi connectivity index (χ3n) is 2.99. The Morgan fingerprint density at radius 2 is 1.85 bits per heavy atom. The van der Waals surface area contributed by atoms with Crippen LogP contribution in [0, 0.1) is 5.82 Å². The summed E-state index contributed by atoms with van der Waals surface area (Å²) in [5, 5.41) is 0.387. The normalized spacial score (nSPS) is 10.8. The Kier molecular flexibility index (Phi) is 3.56. The minimum absolute atomic E-state index is 0.151. The number of fused-ring (bicyclic) bond motifs is 1. The summed E-state index contributed by atoms with van der Waals surface area (Å²) < 4.78 is 13.1. The SMILES string of the molecule is O=c1cc(CSc2ccccc2)[nH]c2ccc(F)cc12. The van der Waals surface area contributed by atoms with Gasteiger partial charge in [-0.3, -0.25) is 4.79 Å². The average molecular weight is 285 g/mol. The Morgan fingerprint density at radius 3 is 2.65 bits per heavy atom. The van der Waals surface area contributed by atoms with Crippen molar-refractivity contribution in [3.8, 4) is 0 Å². The van der Waals surface area contributed by atoms with Gasteiger partial charge in [-0.1, -0.05) is 18.2 Å². The number of benzene rings is 2. The van der Waals surface area contributed by atoms with Crippen molar-refractivity contribution in [1.82, 2.24) is 4.98 Å². The maximum absolute atomic E-state index is 13.1. The van der Waals surface area contributed by atoms with Gasteiger partial charge in [0.25, 0.3) is 0 Å². The van der Waals surface area contributed by atoms with E-state index in [1.54, 1.807) is 17.8 Å². The molecule has 0 spiro atoms. The molecular weight excluding hydrogens is 273 g/mol. The molecule has 0 radical (unpaired) electrons. The van der Waals surface area contributed by atoms with E-state index in [2.05, 4.69) is 4.98 Å². The molecule has 2 aromatic carbocycles. The van der Waals surface area contributed by atoms with Crippen LogP contribution in [0.5, 0.6) is 0 Å². The van der Waals surface area contributed by atoms with Crippen molar-refractivity contribution in [2.75, 3.05) is 0 Å². The molecule has 1 N–H and O–H groups in total. The lowest BCUT2D eigenvalue weighted by Crippen LogP contribution is -2.04. The molecule has 0 aliphatic rings. The van der Waals surface area contributed by atoms with Gasteiger partial charge in [-0.25, -0.2) is 4.39 Å². The molecule has 100 valence electrons. The standard InChI is InChI=1S/C16H12FNOS/c17-11-6-7-15-14(8-11)16(19)9-12(18-15)10-20-13-4-2-1-3-5-13/h1-9H,10H2,(H,18,19). The van der Waals surface area contributed by atoms with Gasteiger partial charge in [0.05, 0.1) is 0 Å². The van der Waals surface area contributed by atoms with Crippen LogP contribution in [-0.4, -0.2) is 4.98 Å². The number of H-pyrrole nitrogens is 1. The van der Waals surface area contributed by atoms with E-state index in [9.17, 15) is 9.18 Å². The van der Waals surface area contributed by atoms with Gasteiger partial charge >= 0.3 is 0 Å². The zero-order valence-corrected chi connectivity index (χ0v) is 11.4. The molecule has 0 saturated heterocycles. The molecule has 0 atom stereocenters. The van der Waals surface area contributed by atoms with Crippen LogP contribution in [0.15, 0.2) is 64.3 Å². The summed E-state index contributed by atoms with van der Waals surface area (Å²) in [4.78, 5) is 16.3. The van der Waals surface area contributed by atoms with E-state index >= 15 is 0 Å². The van der Waals surface area contributed by atoms with Crippen molar-refractivity contribution >= 4 is 22.7 Å². The third kappa shape index (κ3) is 2.75. The molecule has 0 unspecified atom stereocenters. The second-order valence-electron chi connectivity index (χ2n) is 4.45. The number of aromatic amines is 1. The average Bonchev–Trinajstić information content (AvgIpc) is 2.47. The van der Waals surface area contributed by atoms with Crippen LogP contribution in [0.25, 0.3) is 10.9 Å². The number of hydrogen-bond donors (Lipinski definition) is 1. The molecule has 1 heterocycles. The van der Waals surface area contributed by atoms with Crippen molar-refractivity contribution in [3.05, 3.63) is 76.3 Å². The Balaban J connectivity index is 1.89. The topological polar surface area (TPSA) is 32.9 Å². The molecule has 2 nitrogen and oxygen atoms in total. The number of halogens is 1. The van der Waals surface area contributed by atoms with Gasteiger partial charge in [-0.05, 0) is 30.3 Å². The van der Waals surface area contributed by atoms with Crippen LogP contribution in [-0.2, 0) is 5.75 Å². The first-order valence-electron chi connectivity index (χ1n) is 6.22. The predicted octanol–water partition coefficient (Wildman–Crippen LogP) is 3.96. The first-order chi connectivity index (χ1) is 9.72. The molecule has 0 bridgehead atoms. The Bertz CT molecular complexity index is 798. The molecule has 3 rings (SSSR count). The highest BCUT2D eigenvalue weighted by atomic mass is 32.2. The number of nitrogens with one attached hydrogen (secondary N) is 1. The van der Waals surface area contributed by atoms with Crippen molar-refractivity contribution in [2.24, 2.45) is 0 Å². The van der Waals surface area contributed by atoms with Crippen LogP contribution < -0.4 is 5.43 Å². The molecular formula is C16H12FNOS. The lowest BCUT2D eigenvalue weighted by Gasteiger charge is -2.04. The minimum Gasteiger partial charge on any atom is -0.357 e. The summed E-state index contributed by atoms with van der Waals surface area (Å²) in [7, 11) is 0. The second-order valence-corrected chi connectivity index (χ2v) is 5.50. The number of thioether (sulfide) groups is 1. The molecule has 20 heavy (non-hydrogen) atoms. The summed E-state index contributed by atoms with van der Waals surface area (Å²) >= 11 is 1.65. The third-order valence-corrected chi connectivity index (χ3v) is 4.05. The molecule has 0 aliphatic carbocycles. The van der Waals surface area contributed by atoms with Crippen molar-refractivity contribution < 1.29 is 4.39 Å². The van der Waals surface area contributed by atoms with Crippen molar-refractivity contribution in [2.45, 2.75) is 10.6 Å². The zero-order valence-electron chi connectivity index (χ0n) is 10.6. The number of aromatic nitrogens is 1. The van der Waals surface area contributed by atoms with Gasteiger partial charge < -0.3 is 4.98 Å². The van der Waals surface area contributed by atoms with E-state index in [0.29, 0.717) is 16.7 Å². The smallest absolute Gasteiger partial charge is 0.189 e. The molecule has 3 aromatic rings. The lowest BCUT2D eigenvalue weighted by atomic mass is 10.2. The Labute approximate surface area is 119 Å². The molecule has 0 amide bonds. The predicted molar refractivity (Wildman–Crippen MR) is 80.5 cm³/mol. The highest BCUT2D eigenvalue weighted by Crippen LogP contribution is 2.21. The fourth-order valence-corrected chi connectivity index (χ4v) is 2.86. The first kappa shape index (κ1) is 12.9. The summed E-state index contributed by atoms with van der Waals surface area (Å²) in [6.07, 6.45) is 0. The van der Waals surface area contributed by atoms with Gasteiger partial charge in [-0.2, -0.15) is 0 Å². The maximum Gasteiger partial charge on any atom is 0.189 e. The maximum atomic E-state index is 13.1. The van der Waals surface area contributed by atoms with Crippen LogP contribution in [0.1, 0.15) is 5.69 Å². The molecule has 0 fully saturated rings. The summed E-state index contributed by atoms with van der Waals surface area (Å²) in [6, 6.07) is 15.7. The molecule has 0 aliphatic heterocycles. The van der Waals surface area contributed by atoms with Gasteiger partial charge in [0.2, 0.25) is 0 Å². The minimum atomic E-state index is -0.394. The quantitative estimate of drug-likeness (QED) is 0.739. The van der Waals surface area contributed by atoms with E-state index in [1.165, 1.54) is 18.2 Å². The summed E-state index contributed by atoms with van der Waals surface area (Å²) in [5.74, 6) is 0.279. The van der Waals surface area contributed by atoms with E-state index in [0.717, 1.165) is 10.6 Å². The van der Waals surface area contributed by atoms with E-state index < -0.39 is 5.82 Å². The second kappa shape index (κ2) is 5.51. The van der Waals surface area contributed by atoms with Gasteiger partial charge in [0.15, 0.2) is 5.43 Å². The number of pyridine rings is 1. The number of rotatable bonds is 3. The highest BCUT2D eigenvalue weighted by Gasteiger charge is 2.04. The monoisotopic (exact) mass is 285 g/mol. The fraction of sp³-hybridized carbons (Fsp3) is 0.0625. The van der Waals surface area contributed by atoms with E-state index in [-0.39, 0.29) is 5.43 Å². The first-order valence-corrected chi connectivity index (χ1v) is 7.20. The largest absolute Gasteiger partial charge is 0.357 e. The molecule has 4 heteroatoms. The fourth-order valence-electron chi connectivity index (χ4n) is 2.03.